The molecule has 0 unspecified atom stereocenters. The Labute approximate surface area is 197 Å². The Bertz CT molecular complexity index is 1230. The molecule has 0 spiro atoms. The van der Waals surface area contributed by atoms with Gasteiger partial charge in [-0.1, -0.05) is 60.9 Å². The summed E-state index contributed by atoms with van der Waals surface area (Å²) in [7, 11) is 0. The summed E-state index contributed by atoms with van der Waals surface area (Å²) in [6.45, 7) is 5.40. The number of rotatable bonds is 7. The fourth-order valence-corrected chi connectivity index (χ4v) is 4.29. The fourth-order valence-electron chi connectivity index (χ4n) is 3.21. The van der Waals surface area contributed by atoms with Crippen LogP contribution < -0.4 is 5.32 Å². The van der Waals surface area contributed by atoms with Gasteiger partial charge in [-0.15, -0.1) is 11.3 Å². The number of hydrogen-bond donors (Lipinski definition) is 1. The topological polar surface area (TPSA) is 63.8 Å². The second kappa shape index (κ2) is 9.24. The lowest BCUT2D eigenvalue weighted by atomic mass is 9.94. The van der Waals surface area contributed by atoms with E-state index in [1.165, 1.54) is 0 Å². The Morgan fingerprint density at radius 2 is 1.79 bits per heavy atom. The van der Waals surface area contributed by atoms with Gasteiger partial charge in [0.05, 0.1) is 5.69 Å². The van der Waals surface area contributed by atoms with Crippen LogP contribution in [0.3, 0.4) is 0 Å². The van der Waals surface area contributed by atoms with Crippen molar-refractivity contribution in [3.05, 3.63) is 75.4 Å². The molecule has 33 heavy (non-hydrogen) atoms. The largest absolute Gasteiger partial charge is 0.471 e. The predicted molar refractivity (Wildman–Crippen MR) is 122 cm³/mol. The van der Waals surface area contributed by atoms with Crippen LogP contribution in [-0.4, -0.2) is 21.7 Å². The monoisotopic (exact) mass is 492 g/mol. The maximum Gasteiger partial charge on any atom is 0.471 e. The third-order valence-corrected chi connectivity index (χ3v) is 6.43. The number of hydrogen-bond acceptors (Lipinski definition) is 6. The molecule has 0 aliphatic rings. The van der Waals surface area contributed by atoms with Gasteiger partial charge in [0.25, 0.3) is 0 Å². The highest BCUT2D eigenvalue weighted by Gasteiger charge is 2.38. The van der Waals surface area contributed by atoms with Gasteiger partial charge in [0.15, 0.2) is 0 Å². The van der Waals surface area contributed by atoms with Gasteiger partial charge < -0.3 is 9.84 Å². The van der Waals surface area contributed by atoms with E-state index >= 15 is 0 Å². The van der Waals surface area contributed by atoms with Crippen LogP contribution in [0.2, 0.25) is 5.02 Å². The lowest BCUT2D eigenvalue weighted by Gasteiger charge is -2.22. The quantitative estimate of drug-likeness (QED) is 0.315. The van der Waals surface area contributed by atoms with E-state index in [4.69, 9.17) is 16.6 Å². The molecule has 0 atom stereocenters. The van der Waals surface area contributed by atoms with Gasteiger partial charge in [0.1, 0.15) is 5.01 Å². The van der Waals surface area contributed by atoms with E-state index in [9.17, 15) is 13.2 Å². The second-order valence-electron chi connectivity index (χ2n) is 8.15. The van der Waals surface area contributed by atoms with Crippen molar-refractivity contribution >= 4 is 22.9 Å². The van der Waals surface area contributed by atoms with Gasteiger partial charge in [-0.25, -0.2) is 4.98 Å². The molecule has 2 heterocycles. The number of nitrogens with zero attached hydrogens (tertiary/aromatic N) is 3. The van der Waals surface area contributed by atoms with Gasteiger partial charge in [-0.05, 0) is 23.8 Å². The molecule has 2 aromatic heterocycles. The maximum absolute atomic E-state index is 12.7. The highest BCUT2D eigenvalue weighted by atomic mass is 35.5. The van der Waals surface area contributed by atoms with Gasteiger partial charge in [0, 0.05) is 40.0 Å². The lowest BCUT2D eigenvalue weighted by molar-refractivity contribution is -0.159. The molecule has 0 saturated heterocycles. The first-order valence-electron chi connectivity index (χ1n) is 10.0. The molecule has 10 heteroatoms. The SMILES string of the molecule is CC(C)(CNCc1cccc(-c2noc(C(F)(F)F)n2)c1)c1nc(-c2ccc(Cl)cc2)cs1. The number of thiazole rings is 1. The molecule has 0 bridgehead atoms. The third kappa shape index (κ3) is 5.61. The van der Waals surface area contributed by atoms with E-state index in [-0.39, 0.29) is 11.2 Å². The first kappa shape index (κ1) is 23.4. The first-order valence-corrected chi connectivity index (χ1v) is 11.3. The van der Waals surface area contributed by atoms with E-state index in [1.54, 1.807) is 29.5 Å². The minimum atomic E-state index is -4.67. The Kier molecular flexibility index (Phi) is 6.56. The number of nitrogens with one attached hydrogen (secondary N) is 1. The zero-order valence-corrected chi connectivity index (χ0v) is 19.4. The predicted octanol–water partition coefficient (Wildman–Crippen LogP) is 6.60. The molecule has 4 rings (SSSR count). The van der Waals surface area contributed by atoms with Crippen LogP contribution in [0.5, 0.6) is 0 Å². The maximum atomic E-state index is 12.7. The fraction of sp³-hybridized carbons (Fsp3) is 0.261. The highest BCUT2D eigenvalue weighted by molar-refractivity contribution is 7.10. The standard InChI is InChI=1S/C23H20ClF3N4OS/c1-22(2,21-29-18(12-33-21)15-6-8-17(24)9-7-15)13-28-11-14-4-3-5-16(10-14)19-30-20(32-31-19)23(25,26)27/h3-10,12,28H,11,13H2,1-2H3. The Morgan fingerprint density at radius 1 is 1.03 bits per heavy atom. The summed E-state index contributed by atoms with van der Waals surface area (Å²) in [4.78, 5) is 8.25. The van der Waals surface area contributed by atoms with Crippen molar-refractivity contribution in [2.45, 2.75) is 32.0 Å². The summed E-state index contributed by atoms with van der Waals surface area (Å²) in [5, 5.41) is 10.6. The number of aromatic nitrogens is 3. The van der Waals surface area contributed by atoms with Crippen LogP contribution in [0, 0.1) is 0 Å². The van der Waals surface area contributed by atoms with Gasteiger partial charge >= 0.3 is 12.1 Å². The van der Waals surface area contributed by atoms with Crippen molar-refractivity contribution in [2.75, 3.05) is 6.54 Å². The molecule has 0 aliphatic carbocycles. The number of benzene rings is 2. The van der Waals surface area contributed by atoms with Crippen molar-refractivity contribution in [3.63, 3.8) is 0 Å². The molecule has 0 saturated carbocycles. The van der Waals surface area contributed by atoms with Crippen molar-refractivity contribution in [1.82, 2.24) is 20.4 Å². The molecule has 0 amide bonds. The molecule has 5 nitrogen and oxygen atoms in total. The van der Waals surface area contributed by atoms with Crippen molar-refractivity contribution in [3.8, 4) is 22.6 Å². The second-order valence-corrected chi connectivity index (χ2v) is 9.45. The van der Waals surface area contributed by atoms with Crippen molar-refractivity contribution < 1.29 is 17.7 Å². The normalized spacial score (nSPS) is 12.3. The van der Waals surface area contributed by atoms with E-state index in [0.29, 0.717) is 23.7 Å². The summed E-state index contributed by atoms with van der Waals surface area (Å²) >= 11 is 7.57. The zero-order valence-electron chi connectivity index (χ0n) is 17.8. The average molecular weight is 493 g/mol. The Hall–Kier alpha value is -2.75. The summed E-state index contributed by atoms with van der Waals surface area (Å²) < 4.78 is 42.5. The van der Waals surface area contributed by atoms with Crippen molar-refractivity contribution in [1.29, 1.82) is 0 Å². The molecule has 172 valence electrons. The lowest BCUT2D eigenvalue weighted by Crippen LogP contribution is -2.32. The molecular weight excluding hydrogens is 473 g/mol. The van der Waals surface area contributed by atoms with E-state index in [2.05, 4.69) is 33.8 Å². The summed E-state index contributed by atoms with van der Waals surface area (Å²) in [6.07, 6.45) is -4.67. The van der Waals surface area contributed by atoms with Gasteiger partial charge in [0.2, 0.25) is 5.82 Å². The van der Waals surface area contributed by atoms with Crippen LogP contribution in [-0.2, 0) is 18.1 Å². The molecule has 0 aliphatic heterocycles. The highest BCUT2D eigenvalue weighted by Crippen LogP contribution is 2.31. The van der Waals surface area contributed by atoms with Gasteiger partial charge in [-0.2, -0.15) is 18.2 Å². The minimum absolute atomic E-state index is 0.0954. The van der Waals surface area contributed by atoms with E-state index in [1.807, 2.05) is 35.7 Å². The smallest absolute Gasteiger partial charge is 0.329 e. The summed E-state index contributed by atoms with van der Waals surface area (Å²) in [5.41, 5.74) is 3.05. The molecule has 1 N–H and O–H groups in total. The first-order chi connectivity index (χ1) is 15.6. The van der Waals surface area contributed by atoms with Crippen molar-refractivity contribution in [2.24, 2.45) is 0 Å². The third-order valence-electron chi connectivity index (χ3n) is 4.97. The summed E-state index contributed by atoms with van der Waals surface area (Å²) in [6, 6.07) is 14.6. The number of alkyl halides is 3. The van der Waals surface area contributed by atoms with Crippen LogP contribution >= 0.6 is 22.9 Å². The van der Waals surface area contributed by atoms with Crippen LogP contribution in [0.1, 0.15) is 30.3 Å². The van der Waals surface area contributed by atoms with Crippen LogP contribution in [0.4, 0.5) is 13.2 Å². The molecular formula is C23H20ClF3N4OS. The summed E-state index contributed by atoms with van der Waals surface area (Å²) in [5.74, 6) is -1.45. The van der Waals surface area contributed by atoms with E-state index in [0.717, 1.165) is 21.8 Å². The Morgan fingerprint density at radius 3 is 2.48 bits per heavy atom. The van der Waals surface area contributed by atoms with E-state index < -0.39 is 12.1 Å². The van der Waals surface area contributed by atoms with Crippen LogP contribution in [0.25, 0.3) is 22.6 Å². The van der Waals surface area contributed by atoms with Gasteiger partial charge in [-0.3, -0.25) is 0 Å². The average Bonchev–Trinajstić information content (AvgIpc) is 3.45. The minimum Gasteiger partial charge on any atom is -0.329 e. The zero-order chi connectivity index (χ0) is 23.6. The molecule has 0 radical (unpaired) electrons. The molecule has 2 aromatic carbocycles. The molecule has 0 fully saturated rings. The Balaban J connectivity index is 1.39. The number of halogens is 4. The molecule has 4 aromatic rings. The van der Waals surface area contributed by atoms with Crippen LogP contribution in [0.15, 0.2) is 58.4 Å².